The highest BCUT2D eigenvalue weighted by molar-refractivity contribution is 7.95. The van der Waals surface area contributed by atoms with E-state index in [1.165, 1.54) is 54.2 Å². The zero-order chi connectivity index (χ0) is 21.1. The third kappa shape index (κ3) is 5.93. The van der Waals surface area contributed by atoms with Crippen molar-refractivity contribution in [1.82, 2.24) is 0 Å². The first-order valence-corrected chi connectivity index (χ1v) is 13.4. The quantitative estimate of drug-likeness (QED) is 0.177. The van der Waals surface area contributed by atoms with E-state index in [0.717, 1.165) is 5.92 Å². The molecule has 0 aliphatic carbocycles. The van der Waals surface area contributed by atoms with Gasteiger partial charge in [0.2, 0.25) is 0 Å². The van der Waals surface area contributed by atoms with Crippen LogP contribution in [0.25, 0.3) is 0 Å². The van der Waals surface area contributed by atoms with E-state index in [1.54, 1.807) is 0 Å². The lowest BCUT2D eigenvalue weighted by molar-refractivity contribution is 0.660. The van der Waals surface area contributed by atoms with Gasteiger partial charge in [-0.15, -0.1) is 0 Å². The molecule has 0 heterocycles. The van der Waals surface area contributed by atoms with Crippen LogP contribution in [-0.4, -0.2) is 6.16 Å². The van der Waals surface area contributed by atoms with Crippen LogP contribution in [0.1, 0.15) is 46.0 Å². The first-order chi connectivity index (χ1) is 14.7. The monoisotopic (exact) mass is 415 g/mol. The average Bonchev–Trinajstić information content (AvgIpc) is 2.80. The third-order valence-electron chi connectivity index (χ3n) is 5.73. The lowest BCUT2D eigenvalue weighted by Crippen LogP contribution is -2.33. The summed E-state index contributed by atoms with van der Waals surface area (Å²) in [6.45, 7) is 4.56. The standard InChI is InChI=1S/C29H36P/c1-26(2)18-10-5-3-4-6-17-25-30(27-19-11-7-12-20-27,28-21-13-8-14-22-28)29-23-15-9-16-24-29/h5,7-16,19-24,26H,3-4,6,17-18,25H2,1-2H3/q+1/b10-5+. The molecule has 30 heavy (non-hydrogen) atoms. The topological polar surface area (TPSA) is 0 Å². The van der Waals surface area contributed by atoms with Crippen molar-refractivity contribution >= 4 is 23.2 Å². The second-order valence-electron chi connectivity index (χ2n) is 8.49. The van der Waals surface area contributed by atoms with Gasteiger partial charge in [0.05, 0.1) is 6.16 Å². The minimum Gasteiger partial charge on any atom is -0.0885 e. The summed E-state index contributed by atoms with van der Waals surface area (Å²) < 4.78 is 0. The fourth-order valence-electron chi connectivity index (χ4n) is 4.16. The fourth-order valence-corrected chi connectivity index (χ4v) is 8.57. The van der Waals surface area contributed by atoms with Crippen LogP contribution < -0.4 is 15.9 Å². The van der Waals surface area contributed by atoms with E-state index in [0.29, 0.717) is 0 Å². The Morgan fingerprint density at radius 3 is 1.50 bits per heavy atom. The van der Waals surface area contributed by atoms with Gasteiger partial charge < -0.3 is 0 Å². The van der Waals surface area contributed by atoms with Gasteiger partial charge in [0.25, 0.3) is 0 Å². The highest BCUT2D eigenvalue weighted by Crippen LogP contribution is 2.55. The molecule has 0 saturated heterocycles. The summed E-state index contributed by atoms with van der Waals surface area (Å²) in [5.41, 5.74) is 0. The molecule has 0 atom stereocenters. The van der Waals surface area contributed by atoms with Crippen LogP contribution in [0.3, 0.4) is 0 Å². The summed E-state index contributed by atoms with van der Waals surface area (Å²) in [7, 11) is -1.65. The molecular formula is C29H36P+. The van der Waals surface area contributed by atoms with Gasteiger partial charge in [-0.2, -0.15) is 0 Å². The van der Waals surface area contributed by atoms with Crippen LogP contribution >= 0.6 is 7.26 Å². The molecule has 0 bridgehead atoms. The Balaban J connectivity index is 1.82. The number of allylic oxidation sites excluding steroid dienone is 2. The summed E-state index contributed by atoms with van der Waals surface area (Å²) in [4.78, 5) is 0. The van der Waals surface area contributed by atoms with Crippen molar-refractivity contribution in [3.63, 3.8) is 0 Å². The van der Waals surface area contributed by atoms with E-state index < -0.39 is 7.26 Å². The molecule has 3 rings (SSSR count). The first kappa shape index (κ1) is 22.5. The summed E-state index contributed by atoms with van der Waals surface area (Å²) >= 11 is 0. The van der Waals surface area contributed by atoms with Gasteiger partial charge >= 0.3 is 0 Å². The lowest BCUT2D eigenvalue weighted by Gasteiger charge is -2.27. The Hall–Kier alpha value is -2.17. The Kier molecular flexibility index (Phi) is 8.91. The van der Waals surface area contributed by atoms with Crippen LogP contribution in [0.2, 0.25) is 0 Å². The van der Waals surface area contributed by atoms with Gasteiger partial charge in [-0.05, 0) is 74.4 Å². The van der Waals surface area contributed by atoms with Crippen molar-refractivity contribution in [3.8, 4) is 0 Å². The van der Waals surface area contributed by atoms with Crippen LogP contribution in [0.5, 0.6) is 0 Å². The molecule has 0 aliphatic heterocycles. The molecule has 1 heteroatoms. The molecule has 0 aromatic heterocycles. The minimum absolute atomic E-state index is 0.759. The average molecular weight is 416 g/mol. The predicted molar refractivity (Wildman–Crippen MR) is 137 cm³/mol. The van der Waals surface area contributed by atoms with E-state index in [9.17, 15) is 0 Å². The Morgan fingerprint density at radius 2 is 1.07 bits per heavy atom. The number of hydrogen-bond acceptors (Lipinski definition) is 0. The largest absolute Gasteiger partial charge is 0.112 e. The maximum atomic E-state index is 2.38. The maximum Gasteiger partial charge on any atom is 0.112 e. The molecule has 0 nitrogen and oxygen atoms in total. The molecule has 0 N–H and O–H groups in total. The first-order valence-electron chi connectivity index (χ1n) is 11.4. The predicted octanol–water partition coefficient (Wildman–Crippen LogP) is 7.14. The second kappa shape index (κ2) is 11.9. The normalized spacial score (nSPS) is 12.0. The number of unbranched alkanes of at least 4 members (excludes halogenated alkanes) is 3. The van der Waals surface area contributed by atoms with Crippen molar-refractivity contribution in [2.75, 3.05) is 6.16 Å². The van der Waals surface area contributed by atoms with E-state index in [1.807, 2.05) is 0 Å². The summed E-state index contributed by atoms with van der Waals surface area (Å²) in [5, 5.41) is 4.50. The van der Waals surface area contributed by atoms with Gasteiger partial charge in [0.15, 0.2) is 0 Å². The molecule has 3 aromatic carbocycles. The van der Waals surface area contributed by atoms with Gasteiger partial charge in [0, 0.05) is 0 Å². The number of hydrogen-bond donors (Lipinski definition) is 0. The molecule has 3 aromatic rings. The van der Waals surface area contributed by atoms with Gasteiger partial charge in [0.1, 0.15) is 23.2 Å². The molecule has 0 amide bonds. The highest BCUT2D eigenvalue weighted by Gasteiger charge is 2.44. The van der Waals surface area contributed by atoms with Crippen molar-refractivity contribution in [2.45, 2.75) is 46.0 Å². The fraction of sp³-hybridized carbons (Fsp3) is 0.310. The Labute approximate surface area is 184 Å². The van der Waals surface area contributed by atoms with Crippen molar-refractivity contribution in [2.24, 2.45) is 5.92 Å². The van der Waals surface area contributed by atoms with E-state index >= 15 is 0 Å². The van der Waals surface area contributed by atoms with Crippen LogP contribution in [0, 0.1) is 5.92 Å². The molecule has 0 saturated carbocycles. The maximum absolute atomic E-state index is 2.38. The van der Waals surface area contributed by atoms with Crippen molar-refractivity contribution in [1.29, 1.82) is 0 Å². The van der Waals surface area contributed by atoms with Crippen molar-refractivity contribution < 1.29 is 0 Å². The third-order valence-corrected chi connectivity index (χ3v) is 10.3. The molecular weight excluding hydrogens is 379 g/mol. The molecule has 0 spiro atoms. The van der Waals surface area contributed by atoms with E-state index in [4.69, 9.17) is 0 Å². The zero-order valence-electron chi connectivity index (χ0n) is 18.6. The molecule has 0 fully saturated rings. The van der Waals surface area contributed by atoms with E-state index in [-0.39, 0.29) is 0 Å². The van der Waals surface area contributed by atoms with Gasteiger partial charge in [-0.3, -0.25) is 0 Å². The summed E-state index contributed by atoms with van der Waals surface area (Å²) in [6.07, 6.45) is 12.2. The SMILES string of the molecule is CC(C)C/C=C/CCCCC[P+](c1ccccc1)(c1ccccc1)c1ccccc1. The molecule has 156 valence electrons. The van der Waals surface area contributed by atoms with Gasteiger partial charge in [-0.25, -0.2) is 0 Å². The molecule has 0 unspecified atom stereocenters. The summed E-state index contributed by atoms with van der Waals surface area (Å²) in [6, 6.07) is 33.7. The molecule has 0 radical (unpaired) electrons. The Bertz CT molecular complexity index is 769. The number of rotatable bonds is 11. The smallest absolute Gasteiger partial charge is 0.0885 e. The van der Waals surface area contributed by atoms with Crippen molar-refractivity contribution in [3.05, 3.63) is 103 Å². The minimum atomic E-state index is -1.65. The summed E-state index contributed by atoms with van der Waals surface area (Å²) in [5.74, 6) is 0.759. The van der Waals surface area contributed by atoms with Crippen LogP contribution in [-0.2, 0) is 0 Å². The Morgan fingerprint density at radius 1 is 0.600 bits per heavy atom. The second-order valence-corrected chi connectivity index (χ2v) is 12.1. The lowest BCUT2D eigenvalue weighted by atomic mass is 10.1. The van der Waals surface area contributed by atoms with E-state index in [2.05, 4.69) is 117 Å². The highest BCUT2D eigenvalue weighted by atomic mass is 31.2. The van der Waals surface area contributed by atoms with Crippen LogP contribution in [0.15, 0.2) is 103 Å². The van der Waals surface area contributed by atoms with Crippen LogP contribution in [0.4, 0.5) is 0 Å². The number of benzene rings is 3. The molecule has 0 aliphatic rings. The zero-order valence-corrected chi connectivity index (χ0v) is 19.5. The van der Waals surface area contributed by atoms with Gasteiger partial charge in [-0.1, -0.05) is 80.6 Å².